The lowest BCUT2D eigenvalue weighted by Crippen LogP contribution is -2.09. The largest absolute Gasteiger partial charge is 0.332 e. The molecule has 1 heterocycles. The maximum absolute atomic E-state index is 8.65. The number of aromatic nitrogens is 2. The quantitative estimate of drug-likeness (QED) is 0.720. The van der Waals surface area contributed by atoms with Crippen molar-refractivity contribution in [2.45, 2.75) is 26.8 Å². The van der Waals surface area contributed by atoms with E-state index in [0.717, 1.165) is 17.9 Å². The molecule has 0 unspecified atom stereocenters. The van der Waals surface area contributed by atoms with Gasteiger partial charge in [-0.05, 0) is 6.92 Å². The molecule has 0 radical (unpaired) electrons. The van der Waals surface area contributed by atoms with Crippen LogP contribution in [0.4, 0.5) is 0 Å². The van der Waals surface area contributed by atoms with E-state index in [2.05, 4.69) is 4.98 Å². The molecule has 0 atom stereocenters. The number of aryl methyl sites for hydroxylation is 2. The highest BCUT2D eigenvalue weighted by Crippen LogP contribution is 2.07. The van der Waals surface area contributed by atoms with Crippen LogP contribution in [0.1, 0.15) is 18.4 Å². The molecule has 14 heavy (non-hydrogen) atoms. The first-order chi connectivity index (χ1) is 6.71. The molecular weight excluding hydrogens is 176 g/mol. The summed E-state index contributed by atoms with van der Waals surface area (Å²) in [4.78, 5) is 4.29. The van der Waals surface area contributed by atoms with Gasteiger partial charge in [-0.3, -0.25) is 0 Å². The first-order valence-corrected chi connectivity index (χ1v) is 4.53. The summed E-state index contributed by atoms with van der Waals surface area (Å²) in [6.45, 7) is 4.33. The van der Waals surface area contributed by atoms with Crippen molar-refractivity contribution in [3.05, 3.63) is 17.7 Å². The lowest BCUT2D eigenvalue weighted by molar-refractivity contribution is 0.603. The summed E-state index contributed by atoms with van der Waals surface area (Å²) in [6.07, 6.45) is 2.69. The highest BCUT2D eigenvalue weighted by Gasteiger charge is 2.10. The van der Waals surface area contributed by atoms with E-state index in [9.17, 15) is 0 Å². The molecule has 4 nitrogen and oxygen atoms in total. The summed E-state index contributed by atoms with van der Waals surface area (Å²) < 4.78 is 1.88. The van der Waals surface area contributed by atoms with Gasteiger partial charge in [0.15, 0.2) is 5.92 Å². The van der Waals surface area contributed by atoms with Gasteiger partial charge in [-0.2, -0.15) is 10.5 Å². The summed E-state index contributed by atoms with van der Waals surface area (Å²) >= 11 is 0. The molecule has 0 N–H and O–H groups in total. The molecule has 0 aliphatic heterocycles. The highest BCUT2D eigenvalue weighted by atomic mass is 15.1. The zero-order valence-electron chi connectivity index (χ0n) is 8.36. The SMILES string of the molecule is CCc1nc(C)cn1CC(C#N)C#N. The van der Waals surface area contributed by atoms with E-state index < -0.39 is 5.92 Å². The standard InChI is InChI=1S/C10H12N4/c1-3-10-13-8(2)6-14(10)7-9(4-11)5-12/h6,9H,3,7H2,1-2H3. The van der Waals surface area contributed by atoms with E-state index in [4.69, 9.17) is 10.5 Å². The molecule has 0 amide bonds. The Morgan fingerprint density at radius 1 is 1.50 bits per heavy atom. The van der Waals surface area contributed by atoms with Crippen LogP contribution in [-0.2, 0) is 13.0 Å². The normalized spacial score (nSPS) is 9.79. The van der Waals surface area contributed by atoms with Crippen LogP contribution in [-0.4, -0.2) is 9.55 Å². The summed E-state index contributed by atoms with van der Waals surface area (Å²) in [5.74, 6) is 0.340. The van der Waals surface area contributed by atoms with E-state index >= 15 is 0 Å². The third kappa shape index (κ3) is 2.11. The molecule has 0 bridgehead atoms. The molecular formula is C10H12N4. The predicted octanol–water partition coefficient (Wildman–Crippen LogP) is 1.42. The third-order valence-corrected chi connectivity index (χ3v) is 1.99. The minimum Gasteiger partial charge on any atom is -0.332 e. The number of hydrogen-bond acceptors (Lipinski definition) is 3. The summed E-state index contributed by atoms with van der Waals surface area (Å²) in [7, 11) is 0. The predicted molar refractivity (Wildman–Crippen MR) is 51.1 cm³/mol. The van der Waals surface area contributed by atoms with Gasteiger partial charge in [0, 0.05) is 12.6 Å². The van der Waals surface area contributed by atoms with Gasteiger partial charge in [-0.1, -0.05) is 6.92 Å². The van der Waals surface area contributed by atoms with Gasteiger partial charge in [0.1, 0.15) is 5.82 Å². The minimum atomic E-state index is -0.589. The lowest BCUT2D eigenvalue weighted by Gasteiger charge is -2.05. The van der Waals surface area contributed by atoms with Crippen LogP contribution < -0.4 is 0 Å². The monoisotopic (exact) mass is 188 g/mol. The second-order valence-corrected chi connectivity index (χ2v) is 3.12. The third-order valence-electron chi connectivity index (χ3n) is 1.99. The van der Waals surface area contributed by atoms with E-state index in [-0.39, 0.29) is 0 Å². The van der Waals surface area contributed by atoms with Crippen molar-refractivity contribution in [1.82, 2.24) is 9.55 Å². The van der Waals surface area contributed by atoms with Crippen LogP contribution in [0.15, 0.2) is 6.20 Å². The number of rotatable bonds is 3. The Morgan fingerprint density at radius 3 is 2.64 bits per heavy atom. The summed E-state index contributed by atoms with van der Waals surface area (Å²) in [6, 6.07) is 3.90. The molecule has 0 saturated carbocycles. The zero-order valence-corrected chi connectivity index (χ0v) is 8.36. The van der Waals surface area contributed by atoms with Crippen LogP contribution in [0.5, 0.6) is 0 Å². The number of imidazole rings is 1. The van der Waals surface area contributed by atoms with Crippen LogP contribution in [0, 0.1) is 35.5 Å². The van der Waals surface area contributed by atoms with Gasteiger partial charge in [0.2, 0.25) is 0 Å². The first-order valence-electron chi connectivity index (χ1n) is 4.53. The molecule has 0 aromatic carbocycles. The van der Waals surface area contributed by atoms with Crippen LogP contribution >= 0.6 is 0 Å². The minimum absolute atomic E-state index is 0.414. The van der Waals surface area contributed by atoms with Gasteiger partial charge in [0.25, 0.3) is 0 Å². The molecule has 1 aromatic rings. The maximum atomic E-state index is 8.65. The van der Waals surface area contributed by atoms with Crippen LogP contribution in [0.2, 0.25) is 0 Å². The van der Waals surface area contributed by atoms with E-state index in [1.807, 2.05) is 36.7 Å². The van der Waals surface area contributed by atoms with Crippen molar-refractivity contribution in [3.8, 4) is 12.1 Å². The van der Waals surface area contributed by atoms with Gasteiger partial charge >= 0.3 is 0 Å². The highest BCUT2D eigenvalue weighted by molar-refractivity contribution is 5.06. The Balaban J connectivity index is 2.87. The molecule has 1 rings (SSSR count). The molecule has 0 aliphatic rings. The van der Waals surface area contributed by atoms with Crippen molar-refractivity contribution in [3.63, 3.8) is 0 Å². The molecule has 0 saturated heterocycles. The molecule has 4 heteroatoms. The zero-order chi connectivity index (χ0) is 10.6. The average Bonchev–Trinajstić information content (AvgIpc) is 2.55. The van der Waals surface area contributed by atoms with Crippen molar-refractivity contribution < 1.29 is 0 Å². The van der Waals surface area contributed by atoms with Gasteiger partial charge in [-0.15, -0.1) is 0 Å². The van der Waals surface area contributed by atoms with E-state index in [1.165, 1.54) is 0 Å². The van der Waals surface area contributed by atoms with Crippen molar-refractivity contribution >= 4 is 0 Å². The van der Waals surface area contributed by atoms with E-state index in [0.29, 0.717) is 6.54 Å². The van der Waals surface area contributed by atoms with Crippen molar-refractivity contribution in [1.29, 1.82) is 10.5 Å². The van der Waals surface area contributed by atoms with Gasteiger partial charge in [0.05, 0.1) is 24.4 Å². The lowest BCUT2D eigenvalue weighted by atomic mass is 10.2. The molecule has 0 aliphatic carbocycles. The molecule has 0 spiro atoms. The van der Waals surface area contributed by atoms with Crippen molar-refractivity contribution in [2.75, 3.05) is 0 Å². The van der Waals surface area contributed by atoms with Gasteiger partial charge < -0.3 is 4.57 Å². The fraction of sp³-hybridized carbons (Fsp3) is 0.500. The fourth-order valence-electron chi connectivity index (χ4n) is 1.34. The van der Waals surface area contributed by atoms with Crippen molar-refractivity contribution in [2.24, 2.45) is 5.92 Å². The Labute approximate surface area is 83.4 Å². The molecule has 0 fully saturated rings. The van der Waals surface area contributed by atoms with E-state index in [1.54, 1.807) is 0 Å². The summed E-state index contributed by atoms with van der Waals surface area (Å²) in [5.41, 5.74) is 0.927. The smallest absolute Gasteiger partial charge is 0.151 e. The van der Waals surface area contributed by atoms with Crippen LogP contribution in [0.3, 0.4) is 0 Å². The molecule has 72 valence electrons. The number of nitriles is 2. The first kappa shape index (κ1) is 10.3. The van der Waals surface area contributed by atoms with Crippen LogP contribution in [0.25, 0.3) is 0 Å². The Bertz CT molecular complexity index is 377. The average molecular weight is 188 g/mol. The molecule has 1 aromatic heterocycles. The Kier molecular flexibility index (Phi) is 3.25. The maximum Gasteiger partial charge on any atom is 0.151 e. The number of hydrogen-bond donors (Lipinski definition) is 0. The summed E-state index contributed by atoms with van der Waals surface area (Å²) in [5, 5.41) is 17.3. The Morgan fingerprint density at radius 2 is 2.14 bits per heavy atom. The van der Waals surface area contributed by atoms with Gasteiger partial charge in [-0.25, -0.2) is 4.98 Å². The number of nitrogens with zero attached hydrogens (tertiary/aromatic N) is 4. The second kappa shape index (κ2) is 4.43. The Hall–Kier alpha value is -1.81. The second-order valence-electron chi connectivity index (χ2n) is 3.12. The topological polar surface area (TPSA) is 65.4 Å². The fourth-order valence-corrected chi connectivity index (χ4v) is 1.34.